The van der Waals surface area contributed by atoms with Gasteiger partial charge in [0.15, 0.2) is 11.5 Å². The number of benzene rings is 2. The van der Waals surface area contributed by atoms with Gasteiger partial charge in [-0.15, -0.1) is 0 Å². The molecule has 0 aliphatic rings. The number of hydrogen-bond acceptors (Lipinski definition) is 4. The van der Waals surface area contributed by atoms with Crippen LogP contribution in [0.2, 0.25) is 0 Å². The number of carbonyl (C=O) groups excluding carboxylic acids is 1. The largest absolute Gasteiger partial charge is 0.493 e. The smallest absolute Gasteiger partial charge is 0.228 e. The first kappa shape index (κ1) is 18.6. The maximum Gasteiger partial charge on any atom is 0.228 e. The zero-order valence-electron chi connectivity index (χ0n) is 15.4. The molecule has 0 aromatic heterocycles. The van der Waals surface area contributed by atoms with Crippen LogP contribution >= 0.6 is 0 Å². The van der Waals surface area contributed by atoms with Crippen LogP contribution in [0.1, 0.15) is 26.3 Å². The summed E-state index contributed by atoms with van der Waals surface area (Å²) in [5.41, 5.74) is 1.33. The van der Waals surface area contributed by atoms with Crippen LogP contribution in [-0.2, 0) is 11.2 Å². The third-order valence-corrected chi connectivity index (χ3v) is 3.38. The lowest BCUT2D eigenvalue weighted by Gasteiger charge is -2.21. The standard InChI is InChI=1S/C20H25NO4/c1-20(2,3)25-16-9-6-14(7-10-16)12-19(22)21-15-8-11-17(23-4)18(13-15)24-5/h6-11,13H,12H2,1-5H3,(H,21,22). The quantitative estimate of drug-likeness (QED) is 0.859. The molecule has 0 aliphatic carbocycles. The number of carbonyl (C=O) groups is 1. The number of methoxy groups -OCH3 is 2. The van der Waals surface area contributed by atoms with Gasteiger partial charge in [0, 0.05) is 11.8 Å². The first-order valence-corrected chi connectivity index (χ1v) is 8.10. The fraction of sp³-hybridized carbons (Fsp3) is 0.350. The van der Waals surface area contributed by atoms with E-state index >= 15 is 0 Å². The molecule has 2 rings (SSSR count). The zero-order chi connectivity index (χ0) is 18.4. The number of hydrogen-bond donors (Lipinski definition) is 1. The third kappa shape index (κ3) is 5.71. The van der Waals surface area contributed by atoms with Crippen LogP contribution in [0.4, 0.5) is 5.69 Å². The zero-order valence-corrected chi connectivity index (χ0v) is 15.4. The van der Waals surface area contributed by atoms with Gasteiger partial charge in [-0.05, 0) is 50.6 Å². The van der Waals surface area contributed by atoms with Crippen LogP contribution in [0, 0.1) is 0 Å². The Labute approximate surface area is 148 Å². The van der Waals surface area contributed by atoms with E-state index in [4.69, 9.17) is 14.2 Å². The maximum atomic E-state index is 12.2. The first-order chi connectivity index (χ1) is 11.8. The fourth-order valence-electron chi connectivity index (χ4n) is 2.33. The van der Waals surface area contributed by atoms with Gasteiger partial charge in [0.1, 0.15) is 11.4 Å². The molecule has 5 nitrogen and oxygen atoms in total. The third-order valence-electron chi connectivity index (χ3n) is 3.38. The monoisotopic (exact) mass is 343 g/mol. The molecule has 1 amide bonds. The highest BCUT2D eigenvalue weighted by Gasteiger charge is 2.12. The van der Waals surface area contributed by atoms with Crippen LogP contribution in [0.5, 0.6) is 17.2 Å². The molecule has 0 fully saturated rings. The van der Waals surface area contributed by atoms with Gasteiger partial charge in [-0.3, -0.25) is 4.79 Å². The highest BCUT2D eigenvalue weighted by molar-refractivity contribution is 5.92. The Morgan fingerprint density at radius 3 is 2.16 bits per heavy atom. The predicted molar refractivity (Wildman–Crippen MR) is 98.7 cm³/mol. The van der Waals surface area contributed by atoms with E-state index in [2.05, 4.69) is 5.32 Å². The summed E-state index contributed by atoms with van der Waals surface area (Å²) in [5, 5.41) is 2.86. The average Bonchev–Trinajstić information content (AvgIpc) is 2.55. The minimum atomic E-state index is -0.244. The van der Waals surface area contributed by atoms with Crippen molar-refractivity contribution in [3.05, 3.63) is 48.0 Å². The summed E-state index contributed by atoms with van der Waals surface area (Å²) in [4.78, 5) is 12.2. The molecule has 0 saturated carbocycles. The number of amides is 1. The second-order valence-corrected chi connectivity index (χ2v) is 6.65. The molecule has 0 radical (unpaired) electrons. The SMILES string of the molecule is COc1ccc(NC(=O)Cc2ccc(OC(C)(C)C)cc2)cc1OC. The summed E-state index contributed by atoms with van der Waals surface area (Å²) in [6.45, 7) is 5.99. The number of ether oxygens (including phenoxy) is 3. The first-order valence-electron chi connectivity index (χ1n) is 8.10. The van der Waals surface area contributed by atoms with E-state index in [1.807, 2.05) is 45.0 Å². The molecular weight excluding hydrogens is 318 g/mol. The normalized spacial score (nSPS) is 10.9. The Kier molecular flexibility index (Phi) is 5.91. The Morgan fingerprint density at radius 1 is 0.960 bits per heavy atom. The van der Waals surface area contributed by atoms with E-state index in [1.165, 1.54) is 0 Å². The second-order valence-electron chi connectivity index (χ2n) is 6.65. The molecule has 1 N–H and O–H groups in total. The maximum absolute atomic E-state index is 12.2. The average molecular weight is 343 g/mol. The van der Waals surface area contributed by atoms with Crippen molar-refractivity contribution < 1.29 is 19.0 Å². The minimum absolute atomic E-state index is 0.100. The summed E-state index contributed by atoms with van der Waals surface area (Å²) in [6, 6.07) is 12.8. The van der Waals surface area contributed by atoms with Crippen molar-refractivity contribution in [2.45, 2.75) is 32.8 Å². The van der Waals surface area contributed by atoms with Gasteiger partial charge in [0.2, 0.25) is 5.91 Å². The van der Waals surface area contributed by atoms with E-state index in [0.29, 0.717) is 17.2 Å². The summed E-state index contributed by atoms with van der Waals surface area (Å²) < 4.78 is 16.2. The minimum Gasteiger partial charge on any atom is -0.493 e. The molecule has 0 unspecified atom stereocenters. The fourth-order valence-corrected chi connectivity index (χ4v) is 2.33. The van der Waals surface area contributed by atoms with Gasteiger partial charge in [0.05, 0.1) is 20.6 Å². The highest BCUT2D eigenvalue weighted by Crippen LogP contribution is 2.29. The van der Waals surface area contributed by atoms with E-state index in [1.54, 1.807) is 32.4 Å². The lowest BCUT2D eigenvalue weighted by Crippen LogP contribution is -2.22. The molecule has 0 spiro atoms. The predicted octanol–water partition coefficient (Wildman–Crippen LogP) is 4.06. The van der Waals surface area contributed by atoms with Gasteiger partial charge in [-0.1, -0.05) is 12.1 Å². The molecular formula is C20H25NO4. The van der Waals surface area contributed by atoms with E-state index in [9.17, 15) is 4.79 Å². The van der Waals surface area contributed by atoms with Gasteiger partial charge < -0.3 is 19.5 Å². The molecule has 0 heterocycles. The summed E-state index contributed by atoms with van der Waals surface area (Å²) in [5.74, 6) is 1.88. The highest BCUT2D eigenvalue weighted by atomic mass is 16.5. The number of nitrogens with one attached hydrogen (secondary N) is 1. The van der Waals surface area contributed by atoms with E-state index < -0.39 is 0 Å². The van der Waals surface area contributed by atoms with Crippen molar-refractivity contribution in [3.8, 4) is 17.2 Å². The van der Waals surface area contributed by atoms with Crippen LogP contribution in [0.3, 0.4) is 0 Å². The molecule has 0 atom stereocenters. The topological polar surface area (TPSA) is 56.8 Å². The van der Waals surface area contributed by atoms with Crippen molar-refractivity contribution in [1.82, 2.24) is 0 Å². The molecule has 134 valence electrons. The molecule has 0 bridgehead atoms. The van der Waals surface area contributed by atoms with Crippen LogP contribution in [-0.4, -0.2) is 25.7 Å². The molecule has 5 heteroatoms. The molecule has 25 heavy (non-hydrogen) atoms. The number of anilines is 1. The Bertz CT molecular complexity index is 717. The lowest BCUT2D eigenvalue weighted by atomic mass is 10.1. The van der Waals surface area contributed by atoms with Crippen LogP contribution in [0.15, 0.2) is 42.5 Å². The van der Waals surface area contributed by atoms with E-state index in [0.717, 1.165) is 11.3 Å². The molecule has 2 aromatic rings. The van der Waals surface area contributed by atoms with Crippen molar-refractivity contribution in [1.29, 1.82) is 0 Å². The second kappa shape index (κ2) is 7.92. The van der Waals surface area contributed by atoms with Gasteiger partial charge in [0.25, 0.3) is 0 Å². The molecule has 2 aromatic carbocycles. The summed E-state index contributed by atoms with van der Waals surface area (Å²) >= 11 is 0. The van der Waals surface area contributed by atoms with Gasteiger partial charge in [-0.25, -0.2) is 0 Å². The number of rotatable bonds is 6. The van der Waals surface area contributed by atoms with Gasteiger partial charge >= 0.3 is 0 Å². The van der Waals surface area contributed by atoms with Gasteiger partial charge in [-0.2, -0.15) is 0 Å². The van der Waals surface area contributed by atoms with Crippen LogP contribution < -0.4 is 19.5 Å². The van der Waals surface area contributed by atoms with Crippen molar-refractivity contribution in [2.75, 3.05) is 19.5 Å². The Morgan fingerprint density at radius 2 is 1.60 bits per heavy atom. The van der Waals surface area contributed by atoms with Crippen molar-refractivity contribution in [3.63, 3.8) is 0 Å². The summed E-state index contributed by atoms with van der Waals surface area (Å²) in [6.07, 6.45) is 0.282. The summed E-state index contributed by atoms with van der Waals surface area (Å²) in [7, 11) is 3.13. The van der Waals surface area contributed by atoms with Crippen molar-refractivity contribution >= 4 is 11.6 Å². The van der Waals surface area contributed by atoms with E-state index in [-0.39, 0.29) is 17.9 Å². The van der Waals surface area contributed by atoms with Crippen LogP contribution in [0.25, 0.3) is 0 Å². The Balaban J connectivity index is 1.98. The molecule has 0 aliphatic heterocycles. The lowest BCUT2D eigenvalue weighted by molar-refractivity contribution is -0.115. The Hall–Kier alpha value is -2.69. The van der Waals surface area contributed by atoms with Crippen molar-refractivity contribution in [2.24, 2.45) is 0 Å². The molecule has 0 saturated heterocycles.